The molecule has 0 atom stereocenters. The molecule has 0 saturated heterocycles. The second-order valence-corrected chi connectivity index (χ2v) is 8.67. The SMILES string of the molecule is Cc1ccc(-c2[nH]c3ccccc3c2-c2c(CN)c(N)n3c(nc4ccccc43)c2CN)cc1. The standard InChI is InChI=1S/C28H26N6/c1-16-10-12-17(13-11-16)26-25(18-6-2-3-7-21(18)32-26)24-19(14-29)27(31)34-23-9-5-4-8-22(23)33-28(34)20(24)15-30/h2-13,32H,14-15,29-31H2,1H3. The van der Waals surface area contributed by atoms with Crippen LogP contribution in [0.3, 0.4) is 0 Å². The van der Waals surface area contributed by atoms with Crippen molar-refractivity contribution in [1.82, 2.24) is 14.4 Å². The van der Waals surface area contributed by atoms with Gasteiger partial charge in [0.15, 0.2) is 0 Å². The molecule has 3 aromatic carbocycles. The minimum absolute atomic E-state index is 0.281. The highest BCUT2D eigenvalue weighted by atomic mass is 15.1. The summed E-state index contributed by atoms with van der Waals surface area (Å²) in [6.45, 7) is 2.68. The Kier molecular flexibility index (Phi) is 4.65. The molecule has 0 bridgehead atoms. The number of rotatable bonds is 4. The van der Waals surface area contributed by atoms with Gasteiger partial charge < -0.3 is 22.2 Å². The third kappa shape index (κ3) is 2.86. The Morgan fingerprint density at radius 1 is 0.824 bits per heavy atom. The van der Waals surface area contributed by atoms with E-state index in [0.717, 1.165) is 61.1 Å². The highest BCUT2D eigenvalue weighted by Gasteiger charge is 2.25. The van der Waals surface area contributed by atoms with Crippen LogP contribution in [0.25, 0.3) is 50.0 Å². The molecule has 0 aliphatic carbocycles. The molecule has 3 aromatic heterocycles. The van der Waals surface area contributed by atoms with E-state index in [1.165, 1.54) is 5.56 Å². The molecule has 0 saturated carbocycles. The zero-order chi connectivity index (χ0) is 23.4. The number of para-hydroxylation sites is 3. The van der Waals surface area contributed by atoms with Crippen LogP contribution in [0, 0.1) is 6.92 Å². The van der Waals surface area contributed by atoms with Crippen LogP contribution in [-0.2, 0) is 13.1 Å². The average molecular weight is 447 g/mol. The second-order valence-electron chi connectivity index (χ2n) is 8.67. The van der Waals surface area contributed by atoms with Crippen molar-refractivity contribution < 1.29 is 0 Å². The molecule has 3 heterocycles. The monoisotopic (exact) mass is 446 g/mol. The van der Waals surface area contributed by atoms with Crippen molar-refractivity contribution in [3.8, 4) is 22.4 Å². The second kappa shape index (κ2) is 7.73. The normalized spacial score (nSPS) is 11.7. The summed E-state index contributed by atoms with van der Waals surface area (Å²) in [6, 6.07) is 24.8. The van der Waals surface area contributed by atoms with Crippen LogP contribution >= 0.6 is 0 Å². The highest BCUT2D eigenvalue weighted by molar-refractivity contribution is 6.07. The van der Waals surface area contributed by atoms with Gasteiger partial charge in [0.25, 0.3) is 0 Å². The van der Waals surface area contributed by atoms with Crippen molar-refractivity contribution in [1.29, 1.82) is 0 Å². The minimum atomic E-state index is 0.281. The van der Waals surface area contributed by atoms with Gasteiger partial charge in [0.2, 0.25) is 0 Å². The maximum Gasteiger partial charge on any atom is 0.144 e. The fourth-order valence-corrected chi connectivity index (χ4v) is 5.07. The van der Waals surface area contributed by atoms with Gasteiger partial charge in [0.05, 0.1) is 16.7 Å². The van der Waals surface area contributed by atoms with Crippen molar-refractivity contribution in [2.45, 2.75) is 20.0 Å². The van der Waals surface area contributed by atoms with E-state index in [2.05, 4.69) is 54.4 Å². The van der Waals surface area contributed by atoms with Gasteiger partial charge in [-0.05, 0) is 30.7 Å². The zero-order valence-electron chi connectivity index (χ0n) is 19.0. The number of imidazole rings is 1. The summed E-state index contributed by atoms with van der Waals surface area (Å²) in [5.41, 5.74) is 30.4. The van der Waals surface area contributed by atoms with E-state index in [1.54, 1.807) is 0 Å². The van der Waals surface area contributed by atoms with Crippen molar-refractivity contribution in [3.63, 3.8) is 0 Å². The summed E-state index contributed by atoms with van der Waals surface area (Å²) in [4.78, 5) is 8.58. The van der Waals surface area contributed by atoms with E-state index in [-0.39, 0.29) is 6.54 Å². The summed E-state index contributed by atoms with van der Waals surface area (Å²) in [5, 5.41) is 1.10. The van der Waals surface area contributed by atoms with Gasteiger partial charge >= 0.3 is 0 Å². The molecule has 0 amide bonds. The van der Waals surface area contributed by atoms with E-state index < -0.39 is 0 Å². The number of pyridine rings is 1. The van der Waals surface area contributed by atoms with Crippen LogP contribution in [0.1, 0.15) is 16.7 Å². The molecule has 6 aromatic rings. The highest BCUT2D eigenvalue weighted by Crippen LogP contribution is 2.44. The lowest BCUT2D eigenvalue weighted by molar-refractivity contribution is 1.00. The lowest BCUT2D eigenvalue weighted by atomic mass is 9.91. The number of aromatic nitrogens is 3. The summed E-state index contributed by atoms with van der Waals surface area (Å²) in [5.74, 6) is 0.596. The molecule has 0 radical (unpaired) electrons. The van der Waals surface area contributed by atoms with Gasteiger partial charge in [-0.25, -0.2) is 4.98 Å². The minimum Gasteiger partial charge on any atom is -0.384 e. The molecule has 7 N–H and O–H groups in total. The predicted octanol–water partition coefficient (Wildman–Crippen LogP) is 5.11. The Hall–Kier alpha value is -4.13. The Labute approximate surface area is 197 Å². The fraction of sp³-hybridized carbons (Fsp3) is 0.107. The first-order valence-corrected chi connectivity index (χ1v) is 11.4. The van der Waals surface area contributed by atoms with Gasteiger partial charge in [-0.15, -0.1) is 0 Å². The Morgan fingerprint density at radius 2 is 1.53 bits per heavy atom. The van der Waals surface area contributed by atoms with Gasteiger partial charge in [0, 0.05) is 46.2 Å². The molecule has 0 aliphatic heterocycles. The summed E-state index contributed by atoms with van der Waals surface area (Å²) in [7, 11) is 0. The van der Waals surface area contributed by atoms with Gasteiger partial charge in [-0.3, -0.25) is 4.40 Å². The lowest BCUT2D eigenvalue weighted by Gasteiger charge is -2.19. The summed E-state index contributed by atoms with van der Waals surface area (Å²) < 4.78 is 1.99. The molecular formula is C28H26N6. The first kappa shape index (κ1) is 20.5. The van der Waals surface area contributed by atoms with Gasteiger partial charge in [0.1, 0.15) is 11.5 Å². The number of H-pyrrole nitrogens is 1. The smallest absolute Gasteiger partial charge is 0.144 e. The molecule has 0 fully saturated rings. The van der Waals surface area contributed by atoms with Crippen LogP contribution in [0.2, 0.25) is 0 Å². The number of benzene rings is 3. The largest absolute Gasteiger partial charge is 0.384 e. The van der Waals surface area contributed by atoms with Crippen molar-refractivity contribution in [3.05, 3.63) is 89.5 Å². The fourth-order valence-electron chi connectivity index (χ4n) is 5.07. The average Bonchev–Trinajstić information content (AvgIpc) is 3.43. The number of aryl methyl sites for hydroxylation is 1. The van der Waals surface area contributed by atoms with Crippen molar-refractivity contribution in [2.75, 3.05) is 5.73 Å². The summed E-state index contributed by atoms with van der Waals surface area (Å²) in [6.07, 6.45) is 0. The number of hydrogen-bond acceptors (Lipinski definition) is 4. The molecule has 0 spiro atoms. The van der Waals surface area contributed by atoms with Crippen molar-refractivity contribution in [2.24, 2.45) is 11.5 Å². The van der Waals surface area contributed by atoms with Gasteiger partial charge in [-0.1, -0.05) is 60.2 Å². The van der Waals surface area contributed by atoms with Crippen LogP contribution in [-0.4, -0.2) is 14.4 Å². The zero-order valence-corrected chi connectivity index (χ0v) is 19.0. The number of nitrogens with two attached hydrogens (primary N) is 3. The molecular weight excluding hydrogens is 420 g/mol. The lowest BCUT2D eigenvalue weighted by Crippen LogP contribution is -2.14. The number of anilines is 1. The van der Waals surface area contributed by atoms with E-state index in [0.29, 0.717) is 12.4 Å². The first-order valence-electron chi connectivity index (χ1n) is 11.4. The molecule has 168 valence electrons. The van der Waals surface area contributed by atoms with Crippen LogP contribution in [0.5, 0.6) is 0 Å². The predicted molar refractivity (Wildman–Crippen MR) is 140 cm³/mol. The van der Waals surface area contributed by atoms with Crippen LogP contribution in [0.15, 0.2) is 72.8 Å². The molecule has 34 heavy (non-hydrogen) atoms. The Bertz CT molecular complexity index is 1690. The topological polar surface area (TPSA) is 111 Å². The molecule has 6 nitrogen and oxygen atoms in total. The maximum absolute atomic E-state index is 6.82. The molecule has 6 heteroatoms. The maximum atomic E-state index is 6.82. The van der Waals surface area contributed by atoms with Crippen LogP contribution in [0.4, 0.5) is 5.82 Å². The number of nitrogens with one attached hydrogen (secondary N) is 1. The third-order valence-corrected chi connectivity index (χ3v) is 6.69. The molecule has 6 rings (SSSR count). The Balaban J connectivity index is 1.80. The first-order chi connectivity index (χ1) is 16.6. The number of nitrogens with zero attached hydrogens (tertiary/aromatic N) is 2. The van der Waals surface area contributed by atoms with E-state index in [9.17, 15) is 0 Å². The summed E-state index contributed by atoms with van der Waals surface area (Å²) >= 11 is 0. The van der Waals surface area contributed by atoms with Crippen LogP contribution < -0.4 is 17.2 Å². The number of nitrogen functional groups attached to an aromatic ring is 1. The number of hydrogen-bond donors (Lipinski definition) is 4. The molecule has 0 unspecified atom stereocenters. The van der Waals surface area contributed by atoms with Crippen molar-refractivity contribution >= 4 is 33.4 Å². The van der Waals surface area contributed by atoms with E-state index in [1.807, 2.05) is 34.7 Å². The van der Waals surface area contributed by atoms with E-state index in [4.69, 9.17) is 22.2 Å². The Morgan fingerprint density at radius 3 is 2.29 bits per heavy atom. The van der Waals surface area contributed by atoms with E-state index >= 15 is 0 Å². The van der Waals surface area contributed by atoms with Gasteiger partial charge in [-0.2, -0.15) is 0 Å². The molecule has 0 aliphatic rings. The number of aromatic amines is 1. The number of fused-ring (bicyclic) bond motifs is 4. The third-order valence-electron chi connectivity index (χ3n) is 6.69. The quantitative estimate of drug-likeness (QED) is 0.301.